The van der Waals surface area contributed by atoms with Crippen molar-refractivity contribution < 1.29 is 28.6 Å². The van der Waals surface area contributed by atoms with Gasteiger partial charge in [-0.05, 0) is 25.2 Å². The van der Waals surface area contributed by atoms with Crippen LogP contribution in [0.15, 0.2) is 0 Å². The van der Waals surface area contributed by atoms with Crippen LogP contribution in [0.1, 0.15) is 323 Å². The van der Waals surface area contributed by atoms with Gasteiger partial charge in [0.1, 0.15) is 13.2 Å². The maximum Gasteiger partial charge on any atom is 0.306 e. The minimum Gasteiger partial charge on any atom is -0.462 e. The van der Waals surface area contributed by atoms with Gasteiger partial charge in [-0.3, -0.25) is 14.4 Å². The molecule has 2 atom stereocenters. The zero-order chi connectivity index (χ0) is 45.9. The van der Waals surface area contributed by atoms with Gasteiger partial charge in [-0.1, -0.05) is 285 Å². The second-order valence-electron chi connectivity index (χ2n) is 19.8. The van der Waals surface area contributed by atoms with E-state index in [2.05, 4.69) is 27.7 Å². The van der Waals surface area contributed by atoms with Crippen LogP contribution < -0.4 is 0 Å². The lowest BCUT2D eigenvalue weighted by atomic mass is 9.99. The standard InChI is InChI=1S/C57H110O6/c1-5-8-10-12-14-16-18-20-22-23-24-26-28-30-32-38-42-46-50-57(60)63-54(52-62-56(59)49-45-41-37-34-33-35-39-43-47-53(4)7-3)51-61-55(58)48-44-40-36-31-29-27-25-21-19-17-15-13-11-9-6-2/h53-54H,5-52H2,1-4H3/t53?,54-/m0/s1. The maximum atomic E-state index is 12.8. The highest BCUT2D eigenvalue weighted by Gasteiger charge is 2.19. The number of hydrogen-bond acceptors (Lipinski definition) is 6. The molecule has 0 amide bonds. The van der Waals surface area contributed by atoms with Gasteiger partial charge in [-0.25, -0.2) is 0 Å². The van der Waals surface area contributed by atoms with Crippen molar-refractivity contribution in [3.8, 4) is 0 Å². The number of carbonyl (C=O) groups is 3. The highest BCUT2D eigenvalue weighted by Crippen LogP contribution is 2.18. The first-order chi connectivity index (χ1) is 30.9. The van der Waals surface area contributed by atoms with E-state index in [1.165, 1.54) is 218 Å². The molecule has 0 aromatic heterocycles. The van der Waals surface area contributed by atoms with Crippen molar-refractivity contribution in [1.82, 2.24) is 0 Å². The quantitative estimate of drug-likeness (QED) is 0.0344. The monoisotopic (exact) mass is 891 g/mol. The summed E-state index contributed by atoms with van der Waals surface area (Å²) in [5.41, 5.74) is 0. The van der Waals surface area contributed by atoms with Crippen molar-refractivity contribution >= 4 is 17.9 Å². The third kappa shape index (κ3) is 49.7. The van der Waals surface area contributed by atoms with Gasteiger partial charge < -0.3 is 14.2 Å². The molecule has 0 bridgehead atoms. The molecule has 0 aromatic rings. The Balaban J connectivity index is 4.29. The minimum atomic E-state index is -0.762. The van der Waals surface area contributed by atoms with Gasteiger partial charge in [0.15, 0.2) is 6.10 Å². The molecule has 0 aliphatic carbocycles. The molecule has 0 aromatic carbocycles. The van der Waals surface area contributed by atoms with Gasteiger partial charge in [-0.15, -0.1) is 0 Å². The van der Waals surface area contributed by atoms with Gasteiger partial charge in [-0.2, -0.15) is 0 Å². The highest BCUT2D eigenvalue weighted by molar-refractivity contribution is 5.71. The predicted octanol–water partition coefficient (Wildman–Crippen LogP) is 18.6. The van der Waals surface area contributed by atoms with Crippen molar-refractivity contribution in [2.75, 3.05) is 13.2 Å². The Kier molecular flexibility index (Phi) is 50.1. The summed E-state index contributed by atoms with van der Waals surface area (Å²) in [5.74, 6) is 0.00893. The molecule has 374 valence electrons. The Morgan fingerprint density at radius 2 is 0.556 bits per heavy atom. The molecule has 0 radical (unpaired) electrons. The fraction of sp³-hybridized carbons (Fsp3) is 0.947. The zero-order valence-electron chi connectivity index (χ0n) is 43.0. The number of hydrogen-bond donors (Lipinski definition) is 0. The molecule has 0 spiro atoms. The van der Waals surface area contributed by atoms with Crippen LogP contribution in [0.4, 0.5) is 0 Å². The Morgan fingerprint density at radius 1 is 0.317 bits per heavy atom. The van der Waals surface area contributed by atoms with Crippen LogP contribution in [-0.2, 0) is 28.6 Å². The van der Waals surface area contributed by atoms with E-state index >= 15 is 0 Å². The van der Waals surface area contributed by atoms with Gasteiger partial charge >= 0.3 is 17.9 Å². The summed E-state index contributed by atoms with van der Waals surface area (Å²) < 4.78 is 16.9. The number of esters is 3. The summed E-state index contributed by atoms with van der Waals surface area (Å²) in [4.78, 5) is 38.1. The summed E-state index contributed by atoms with van der Waals surface area (Å²) in [5, 5.41) is 0. The normalized spacial score (nSPS) is 12.4. The van der Waals surface area contributed by atoms with Crippen LogP contribution in [0.2, 0.25) is 0 Å². The number of unbranched alkanes of at least 4 members (excludes halogenated alkanes) is 38. The largest absolute Gasteiger partial charge is 0.462 e. The van der Waals surface area contributed by atoms with Crippen LogP contribution in [-0.4, -0.2) is 37.2 Å². The molecule has 0 fully saturated rings. The van der Waals surface area contributed by atoms with E-state index in [0.717, 1.165) is 63.7 Å². The van der Waals surface area contributed by atoms with Gasteiger partial charge in [0.05, 0.1) is 0 Å². The van der Waals surface area contributed by atoms with E-state index < -0.39 is 6.10 Å². The van der Waals surface area contributed by atoms with Gasteiger partial charge in [0.25, 0.3) is 0 Å². The first-order valence-electron chi connectivity index (χ1n) is 28.4. The van der Waals surface area contributed by atoms with Crippen molar-refractivity contribution in [3.63, 3.8) is 0 Å². The Labute approximate surface area is 393 Å². The fourth-order valence-electron chi connectivity index (χ4n) is 8.72. The predicted molar refractivity (Wildman–Crippen MR) is 270 cm³/mol. The first-order valence-corrected chi connectivity index (χ1v) is 28.4. The molecular weight excluding hydrogens is 781 g/mol. The summed E-state index contributed by atoms with van der Waals surface area (Å²) >= 11 is 0. The second-order valence-corrected chi connectivity index (χ2v) is 19.8. The molecule has 0 aliphatic rings. The van der Waals surface area contributed by atoms with E-state index in [-0.39, 0.29) is 31.1 Å². The topological polar surface area (TPSA) is 78.9 Å². The van der Waals surface area contributed by atoms with E-state index in [4.69, 9.17) is 14.2 Å². The Hall–Kier alpha value is -1.59. The minimum absolute atomic E-state index is 0.0624. The van der Waals surface area contributed by atoms with Crippen LogP contribution in [0.3, 0.4) is 0 Å². The summed E-state index contributed by atoms with van der Waals surface area (Å²) in [6, 6.07) is 0. The average molecular weight is 892 g/mol. The van der Waals surface area contributed by atoms with Crippen molar-refractivity contribution in [1.29, 1.82) is 0 Å². The summed E-state index contributed by atoms with van der Waals surface area (Å²) in [6.45, 7) is 9.06. The third-order valence-electron chi connectivity index (χ3n) is 13.4. The van der Waals surface area contributed by atoms with E-state index in [1.54, 1.807) is 0 Å². The third-order valence-corrected chi connectivity index (χ3v) is 13.4. The van der Waals surface area contributed by atoms with Crippen molar-refractivity contribution in [2.24, 2.45) is 5.92 Å². The first kappa shape index (κ1) is 61.4. The van der Waals surface area contributed by atoms with Crippen LogP contribution in [0.5, 0.6) is 0 Å². The molecule has 0 saturated heterocycles. The van der Waals surface area contributed by atoms with Crippen LogP contribution >= 0.6 is 0 Å². The second kappa shape index (κ2) is 51.4. The molecule has 0 saturated carbocycles. The molecule has 6 heteroatoms. The van der Waals surface area contributed by atoms with Crippen LogP contribution in [0.25, 0.3) is 0 Å². The van der Waals surface area contributed by atoms with Gasteiger partial charge in [0.2, 0.25) is 0 Å². The molecule has 0 heterocycles. The lowest BCUT2D eigenvalue weighted by molar-refractivity contribution is -0.167. The van der Waals surface area contributed by atoms with Crippen molar-refractivity contribution in [3.05, 3.63) is 0 Å². The Morgan fingerprint density at radius 3 is 0.825 bits per heavy atom. The molecular formula is C57H110O6. The van der Waals surface area contributed by atoms with E-state index in [9.17, 15) is 14.4 Å². The zero-order valence-corrected chi connectivity index (χ0v) is 43.0. The number of rotatable bonds is 52. The molecule has 1 unspecified atom stereocenters. The fourth-order valence-corrected chi connectivity index (χ4v) is 8.72. The maximum absolute atomic E-state index is 12.8. The molecule has 0 N–H and O–H groups in total. The van der Waals surface area contributed by atoms with Crippen molar-refractivity contribution in [2.45, 2.75) is 329 Å². The molecule has 0 aliphatic heterocycles. The highest BCUT2D eigenvalue weighted by atomic mass is 16.6. The summed E-state index contributed by atoms with van der Waals surface area (Å²) in [7, 11) is 0. The molecule has 0 rings (SSSR count). The van der Waals surface area contributed by atoms with E-state index in [1.807, 2.05) is 0 Å². The lowest BCUT2D eigenvalue weighted by Gasteiger charge is -2.18. The number of carbonyl (C=O) groups excluding carboxylic acids is 3. The Bertz CT molecular complexity index is 951. The summed E-state index contributed by atoms with van der Waals surface area (Å²) in [6.07, 6.45) is 55.2. The lowest BCUT2D eigenvalue weighted by Crippen LogP contribution is -2.30. The number of ether oxygens (including phenoxy) is 3. The van der Waals surface area contributed by atoms with Crippen LogP contribution in [0, 0.1) is 5.92 Å². The van der Waals surface area contributed by atoms with E-state index in [0.29, 0.717) is 19.3 Å². The SMILES string of the molecule is CCCCCCCCCCCCCCCCCCCCC(=O)O[C@@H](COC(=O)CCCCCCCCCCCCCCCCC)COC(=O)CCCCCCCCCCC(C)CC. The molecule has 63 heavy (non-hydrogen) atoms. The van der Waals surface area contributed by atoms with Gasteiger partial charge in [0, 0.05) is 19.3 Å². The smallest absolute Gasteiger partial charge is 0.306 e. The average Bonchev–Trinajstić information content (AvgIpc) is 3.28. The molecule has 6 nitrogen and oxygen atoms in total.